The number of likely N-dealkylation sites (N-methyl/N-ethyl adjacent to an activating group) is 1. The lowest BCUT2D eigenvalue weighted by Crippen LogP contribution is -2.61. The van der Waals surface area contributed by atoms with Crippen LogP contribution in [0.2, 0.25) is 0 Å². The second-order valence-electron chi connectivity index (χ2n) is 7.49. The largest absolute Gasteiger partial charge is 0.504 e. The Morgan fingerprint density at radius 3 is 2.62 bits per heavy atom. The standard InChI is InChI=1S/C20H25NO5/c1-21-8-7-20-10-13(22)18(25-3)19(26-4)16(20)12(21)9-11-5-6-14(24-2)17(23)15(11)20/h5-6,12,16,23H,7-10H2,1-4H3/t12-,16+,20-/m0/s1. The van der Waals surface area contributed by atoms with Crippen LogP contribution in [0.1, 0.15) is 24.0 Å². The van der Waals surface area contributed by atoms with Crippen molar-refractivity contribution in [3.63, 3.8) is 0 Å². The third kappa shape index (κ3) is 2.05. The van der Waals surface area contributed by atoms with Crippen molar-refractivity contribution in [2.75, 3.05) is 34.9 Å². The molecule has 1 N–H and O–H groups in total. The van der Waals surface area contributed by atoms with Crippen LogP contribution < -0.4 is 4.74 Å². The molecule has 1 fully saturated rings. The zero-order valence-electron chi connectivity index (χ0n) is 15.7. The van der Waals surface area contributed by atoms with E-state index in [1.807, 2.05) is 6.07 Å². The van der Waals surface area contributed by atoms with Gasteiger partial charge in [0, 0.05) is 29.4 Å². The minimum atomic E-state index is -0.492. The number of rotatable bonds is 3. The predicted octanol–water partition coefficient (Wildman–Crippen LogP) is 1.99. The van der Waals surface area contributed by atoms with E-state index in [4.69, 9.17) is 14.2 Å². The van der Waals surface area contributed by atoms with Crippen LogP contribution in [0, 0.1) is 5.92 Å². The number of piperidine rings is 1. The molecule has 1 aromatic rings. The first-order valence-corrected chi connectivity index (χ1v) is 8.93. The Bertz CT molecular complexity index is 802. The molecular weight excluding hydrogens is 334 g/mol. The van der Waals surface area contributed by atoms with Crippen LogP contribution in [0.4, 0.5) is 0 Å². The number of ketones is 1. The predicted molar refractivity (Wildman–Crippen MR) is 95.2 cm³/mol. The van der Waals surface area contributed by atoms with Crippen molar-refractivity contribution in [3.05, 3.63) is 34.8 Å². The first-order chi connectivity index (χ1) is 12.5. The zero-order chi connectivity index (χ0) is 18.6. The summed E-state index contributed by atoms with van der Waals surface area (Å²) < 4.78 is 16.5. The molecule has 2 aliphatic carbocycles. The van der Waals surface area contributed by atoms with Crippen LogP contribution in [-0.2, 0) is 26.1 Å². The van der Waals surface area contributed by atoms with Gasteiger partial charge in [0.2, 0.25) is 5.78 Å². The van der Waals surface area contributed by atoms with Gasteiger partial charge in [-0.1, -0.05) is 6.07 Å². The highest BCUT2D eigenvalue weighted by atomic mass is 16.5. The van der Waals surface area contributed by atoms with Gasteiger partial charge in [0.1, 0.15) is 5.76 Å². The second-order valence-corrected chi connectivity index (χ2v) is 7.49. The van der Waals surface area contributed by atoms with Crippen molar-refractivity contribution < 1.29 is 24.1 Å². The molecule has 0 unspecified atom stereocenters. The molecule has 26 heavy (non-hydrogen) atoms. The first-order valence-electron chi connectivity index (χ1n) is 8.93. The van der Waals surface area contributed by atoms with Crippen LogP contribution in [0.25, 0.3) is 0 Å². The molecule has 2 bridgehead atoms. The summed E-state index contributed by atoms with van der Waals surface area (Å²) in [6, 6.07) is 4.01. The highest BCUT2D eigenvalue weighted by Gasteiger charge is 2.60. The molecule has 1 heterocycles. The summed E-state index contributed by atoms with van der Waals surface area (Å²) in [5, 5.41) is 11.0. The molecule has 0 saturated carbocycles. The van der Waals surface area contributed by atoms with Crippen LogP contribution >= 0.6 is 0 Å². The molecule has 0 aromatic heterocycles. The number of hydrogen-bond donors (Lipinski definition) is 1. The number of benzene rings is 1. The molecule has 1 saturated heterocycles. The van der Waals surface area contributed by atoms with Gasteiger partial charge in [-0.2, -0.15) is 0 Å². The van der Waals surface area contributed by atoms with Gasteiger partial charge in [-0.3, -0.25) is 4.79 Å². The lowest BCUT2D eigenvalue weighted by molar-refractivity contribution is -0.125. The Morgan fingerprint density at radius 1 is 1.19 bits per heavy atom. The fourth-order valence-corrected chi connectivity index (χ4v) is 5.40. The maximum Gasteiger partial charge on any atom is 0.201 e. The molecule has 6 nitrogen and oxygen atoms in total. The fourth-order valence-electron chi connectivity index (χ4n) is 5.40. The third-order valence-electron chi connectivity index (χ3n) is 6.49. The van der Waals surface area contributed by atoms with Gasteiger partial charge in [-0.25, -0.2) is 0 Å². The van der Waals surface area contributed by atoms with Gasteiger partial charge < -0.3 is 24.2 Å². The summed E-state index contributed by atoms with van der Waals surface area (Å²) in [7, 11) is 6.77. The number of carbonyl (C=O) groups is 1. The van der Waals surface area contributed by atoms with E-state index >= 15 is 0 Å². The molecular formula is C20H25NO5. The SMILES string of the molecule is COC1=C(OC)[C@H]2[C@@H]3Cc4ccc(OC)c(O)c4[C@]2(CCN3C)CC1=O. The zero-order valence-corrected chi connectivity index (χ0v) is 15.7. The lowest BCUT2D eigenvalue weighted by Gasteiger charge is -2.57. The summed E-state index contributed by atoms with van der Waals surface area (Å²) in [6.07, 6.45) is 1.87. The number of allylic oxidation sites excluding steroid dienone is 1. The molecule has 6 heteroatoms. The maximum atomic E-state index is 12.9. The number of methoxy groups -OCH3 is 3. The minimum Gasteiger partial charge on any atom is -0.504 e. The smallest absolute Gasteiger partial charge is 0.201 e. The topological polar surface area (TPSA) is 68.2 Å². The highest BCUT2D eigenvalue weighted by molar-refractivity contribution is 5.96. The number of likely N-dealkylation sites (tertiary alicyclic amines) is 1. The Morgan fingerprint density at radius 2 is 1.96 bits per heavy atom. The van der Waals surface area contributed by atoms with Gasteiger partial charge in [0.05, 0.1) is 21.3 Å². The second kappa shape index (κ2) is 5.91. The number of nitrogens with zero attached hydrogens (tertiary/aromatic N) is 1. The Hall–Kier alpha value is -2.21. The third-order valence-corrected chi connectivity index (χ3v) is 6.49. The van der Waals surface area contributed by atoms with E-state index in [2.05, 4.69) is 11.9 Å². The Kier molecular flexibility index (Phi) is 3.91. The molecule has 0 radical (unpaired) electrons. The quantitative estimate of drug-likeness (QED) is 0.890. The summed E-state index contributed by atoms with van der Waals surface area (Å²) in [4.78, 5) is 15.2. The van der Waals surface area contributed by atoms with E-state index in [0.29, 0.717) is 23.7 Å². The molecule has 0 amide bonds. The summed E-state index contributed by atoms with van der Waals surface area (Å²) in [5.74, 6) is 1.42. The Labute approximate surface area is 153 Å². The van der Waals surface area contributed by atoms with Crippen molar-refractivity contribution in [1.29, 1.82) is 0 Å². The van der Waals surface area contributed by atoms with Crippen LogP contribution in [0.5, 0.6) is 11.5 Å². The first kappa shape index (κ1) is 17.2. The number of fused-ring (bicyclic) bond motifs is 1. The van der Waals surface area contributed by atoms with Crippen molar-refractivity contribution in [1.82, 2.24) is 4.90 Å². The number of Topliss-reactive ketones (excluding diaryl/α,β-unsaturated/α-hetero) is 1. The van der Waals surface area contributed by atoms with E-state index in [1.54, 1.807) is 20.3 Å². The fraction of sp³-hybridized carbons (Fsp3) is 0.550. The summed E-state index contributed by atoms with van der Waals surface area (Å²) in [6.45, 7) is 0.865. The summed E-state index contributed by atoms with van der Waals surface area (Å²) in [5.41, 5.74) is 1.44. The maximum absolute atomic E-state index is 12.9. The number of hydrogen-bond acceptors (Lipinski definition) is 6. The van der Waals surface area contributed by atoms with Crippen LogP contribution in [-0.4, -0.2) is 56.8 Å². The normalized spacial score (nSPS) is 30.5. The van der Waals surface area contributed by atoms with Crippen molar-refractivity contribution >= 4 is 5.78 Å². The van der Waals surface area contributed by atoms with Gasteiger partial charge in [-0.15, -0.1) is 0 Å². The molecule has 1 aromatic carbocycles. The average Bonchev–Trinajstić information content (AvgIpc) is 2.63. The summed E-state index contributed by atoms with van der Waals surface area (Å²) >= 11 is 0. The highest BCUT2D eigenvalue weighted by Crippen LogP contribution is 2.59. The van der Waals surface area contributed by atoms with Gasteiger partial charge in [0.15, 0.2) is 17.3 Å². The van der Waals surface area contributed by atoms with E-state index in [9.17, 15) is 9.90 Å². The van der Waals surface area contributed by atoms with E-state index in [0.717, 1.165) is 30.5 Å². The molecule has 140 valence electrons. The average molecular weight is 359 g/mol. The number of phenolic OH excluding ortho intramolecular Hbond substituents is 1. The number of aromatic hydroxyl groups is 1. The molecule has 1 aliphatic heterocycles. The van der Waals surface area contributed by atoms with Crippen molar-refractivity contribution in [3.8, 4) is 11.5 Å². The molecule has 3 atom stereocenters. The molecule has 0 spiro atoms. The monoisotopic (exact) mass is 359 g/mol. The minimum absolute atomic E-state index is 0.0376. The molecule has 4 rings (SSSR count). The molecule has 3 aliphatic rings. The van der Waals surface area contributed by atoms with Crippen LogP contribution in [0.15, 0.2) is 23.7 Å². The van der Waals surface area contributed by atoms with Crippen molar-refractivity contribution in [2.24, 2.45) is 5.92 Å². The van der Waals surface area contributed by atoms with Crippen LogP contribution in [0.3, 0.4) is 0 Å². The number of phenols is 1. The van der Waals surface area contributed by atoms with Gasteiger partial charge >= 0.3 is 0 Å². The Balaban J connectivity index is 2.02. The van der Waals surface area contributed by atoms with E-state index < -0.39 is 5.41 Å². The van der Waals surface area contributed by atoms with Gasteiger partial charge in [0.25, 0.3) is 0 Å². The number of ether oxygens (including phenoxy) is 3. The van der Waals surface area contributed by atoms with Gasteiger partial charge in [-0.05, 0) is 38.1 Å². The van der Waals surface area contributed by atoms with Crippen molar-refractivity contribution in [2.45, 2.75) is 30.7 Å². The van der Waals surface area contributed by atoms with E-state index in [1.165, 1.54) is 7.11 Å². The lowest BCUT2D eigenvalue weighted by atomic mass is 9.53. The van der Waals surface area contributed by atoms with E-state index in [-0.39, 0.29) is 23.5 Å². The number of carbonyl (C=O) groups excluding carboxylic acids is 1.